The number of carbonyl (C=O) groups is 1. The molecule has 9 heteroatoms. The number of carbonyl (C=O) groups excluding carboxylic acids is 1. The Kier molecular flexibility index (Phi) is 10.3. The van der Waals surface area contributed by atoms with Gasteiger partial charge in [0.2, 0.25) is 5.78 Å². The molecule has 7 nitrogen and oxygen atoms in total. The van der Waals surface area contributed by atoms with Crippen molar-refractivity contribution in [3.05, 3.63) is 101 Å². The highest BCUT2D eigenvalue weighted by atomic mass is 19.1. The van der Waals surface area contributed by atoms with Crippen LogP contribution in [0.25, 0.3) is 11.8 Å². The molecule has 4 rings (SSSR count). The molecule has 3 N–H and O–H groups in total. The predicted octanol–water partition coefficient (Wildman–Crippen LogP) is 7.04. The van der Waals surface area contributed by atoms with Crippen molar-refractivity contribution in [3.63, 3.8) is 0 Å². The van der Waals surface area contributed by atoms with Crippen LogP contribution in [0.5, 0.6) is 5.75 Å². The summed E-state index contributed by atoms with van der Waals surface area (Å²) in [7, 11) is 0. The number of piperidine rings is 1. The monoisotopic (exact) mass is 575 g/mol. The van der Waals surface area contributed by atoms with Crippen molar-refractivity contribution in [2.75, 3.05) is 32.0 Å². The summed E-state index contributed by atoms with van der Waals surface area (Å²) in [5, 5.41) is 4.37. The summed E-state index contributed by atoms with van der Waals surface area (Å²) in [4.78, 5) is 18.8. The zero-order chi connectivity index (χ0) is 30.2. The number of allylic oxidation sites excluding steroid dienone is 5. The van der Waals surface area contributed by atoms with Gasteiger partial charge in [0.15, 0.2) is 0 Å². The van der Waals surface area contributed by atoms with E-state index >= 15 is 0 Å². The smallest absolute Gasteiger partial charge is 0.214 e. The minimum Gasteiger partial charge on any atom is -0.490 e. The fraction of sp³-hybridized carbons (Fsp3) is 0.333. The molecule has 2 aromatic heterocycles. The average Bonchev–Trinajstić information content (AvgIpc) is 3.52. The standard InChI is InChI=1S/C33H39F2N5O2/c1-5-39-14-12-25(13-15-39)18-27(35)19-26-20-30(38-24(26)4)32(41)29-21-37-40(33(29)36)31-11-10-28(17-22(31)2)42-16-8-6-7-9-23(3)34/h6-11,17,19-21,25,38H,3,5,12-16,18,36H2,1-2,4H3/b8-6-,9-7-,27-19+. The summed E-state index contributed by atoms with van der Waals surface area (Å²) in [6.45, 7) is 12.4. The molecule has 0 amide bonds. The Balaban J connectivity index is 1.42. The van der Waals surface area contributed by atoms with Crippen LogP contribution < -0.4 is 10.5 Å². The zero-order valence-corrected chi connectivity index (χ0v) is 24.5. The summed E-state index contributed by atoms with van der Waals surface area (Å²) in [5.74, 6) is 0.186. The molecule has 1 saturated heterocycles. The molecule has 0 unspecified atom stereocenters. The quantitative estimate of drug-likeness (QED) is 0.179. The molecular formula is C33H39F2N5O2. The molecule has 222 valence electrons. The number of aromatic amines is 1. The maximum Gasteiger partial charge on any atom is 0.214 e. The highest BCUT2D eigenvalue weighted by Gasteiger charge is 2.22. The van der Waals surface area contributed by atoms with Crippen molar-refractivity contribution in [3.8, 4) is 11.4 Å². The van der Waals surface area contributed by atoms with Crippen molar-refractivity contribution in [1.29, 1.82) is 0 Å². The fourth-order valence-corrected chi connectivity index (χ4v) is 5.12. The Morgan fingerprint density at radius 2 is 1.98 bits per heavy atom. The molecule has 1 aliphatic rings. The summed E-state index contributed by atoms with van der Waals surface area (Å²) < 4.78 is 34.8. The van der Waals surface area contributed by atoms with E-state index in [1.54, 1.807) is 30.4 Å². The number of H-pyrrole nitrogens is 1. The second kappa shape index (κ2) is 14.1. The van der Waals surface area contributed by atoms with Crippen molar-refractivity contribution in [2.24, 2.45) is 5.92 Å². The van der Waals surface area contributed by atoms with Crippen molar-refractivity contribution >= 4 is 17.7 Å². The van der Waals surface area contributed by atoms with Crippen molar-refractivity contribution < 1.29 is 18.3 Å². The van der Waals surface area contributed by atoms with E-state index in [0.717, 1.165) is 38.0 Å². The second-order valence-electron chi connectivity index (χ2n) is 10.6. The van der Waals surface area contributed by atoms with Gasteiger partial charge in [0.1, 0.15) is 29.8 Å². The van der Waals surface area contributed by atoms with Gasteiger partial charge in [-0.2, -0.15) is 5.10 Å². The number of rotatable bonds is 12. The van der Waals surface area contributed by atoms with E-state index in [9.17, 15) is 13.6 Å². The maximum absolute atomic E-state index is 14.9. The number of aromatic nitrogens is 3. The van der Waals surface area contributed by atoms with Crippen LogP contribution in [0.3, 0.4) is 0 Å². The molecule has 1 aliphatic heterocycles. The molecule has 1 fully saturated rings. The van der Waals surface area contributed by atoms with Crippen LogP contribution in [0, 0.1) is 19.8 Å². The van der Waals surface area contributed by atoms with Crippen LogP contribution in [-0.4, -0.2) is 51.7 Å². The Morgan fingerprint density at radius 1 is 1.21 bits per heavy atom. The van der Waals surface area contributed by atoms with Gasteiger partial charge in [-0.15, -0.1) is 0 Å². The van der Waals surface area contributed by atoms with Gasteiger partial charge in [0.05, 0.1) is 23.1 Å². The van der Waals surface area contributed by atoms with Gasteiger partial charge in [-0.1, -0.05) is 25.7 Å². The average molecular weight is 576 g/mol. The molecule has 0 saturated carbocycles. The highest BCUT2D eigenvalue weighted by molar-refractivity contribution is 6.11. The molecule has 0 radical (unpaired) electrons. The first-order chi connectivity index (χ1) is 20.2. The van der Waals surface area contributed by atoms with Crippen LogP contribution in [0.2, 0.25) is 0 Å². The van der Waals surface area contributed by atoms with E-state index in [2.05, 4.69) is 28.5 Å². The number of nitrogen functional groups attached to an aromatic ring is 1. The van der Waals surface area contributed by atoms with E-state index in [0.29, 0.717) is 47.3 Å². The first-order valence-corrected chi connectivity index (χ1v) is 14.2. The Hall–Kier alpha value is -4.24. The third kappa shape index (κ3) is 7.73. The Bertz CT molecular complexity index is 1510. The normalized spacial score (nSPS) is 15.2. The number of nitrogens with one attached hydrogen (secondary N) is 1. The number of halogens is 2. The number of hydrogen-bond donors (Lipinski definition) is 2. The highest BCUT2D eigenvalue weighted by Crippen LogP contribution is 2.28. The lowest BCUT2D eigenvalue weighted by atomic mass is 9.92. The van der Waals surface area contributed by atoms with Crippen LogP contribution >= 0.6 is 0 Å². The van der Waals surface area contributed by atoms with E-state index in [1.807, 2.05) is 26.0 Å². The van der Waals surface area contributed by atoms with E-state index in [-0.39, 0.29) is 23.0 Å². The minimum atomic E-state index is -0.515. The van der Waals surface area contributed by atoms with Gasteiger partial charge in [0.25, 0.3) is 0 Å². The topological polar surface area (TPSA) is 89.2 Å². The molecule has 0 spiro atoms. The zero-order valence-electron chi connectivity index (χ0n) is 24.5. The lowest BCUT2D eigenvalue weighted by Crippen LogP contribution is -2.33. The molecule has 3 heterocycles. The number of nitrogens with two attached hydrogens (primary N) is 1. The Labute approximate surface area is 246 Å². The molecule has 0 bridgehead atoms. The fourth-order valence-electron chi connectivity index (χ4n) is 5.12. The number of likely N-dealkylation sites (tertiary alicyclic amines) is 1. The third-order valence-electron chi connectivity index (χ3n) is 7.57. The van der Waals surface area contributed by atoms with E-state index in [1.165, 1.54) is 23.0 Å². The molecular weight excluding hydrogens is 536 g/mol. The predicted molar refractivity (Wildman–Crippen MR) is 164 cm³/mol. The lowest BCUT2D eigenvalue weighted by Gasteiger charge is -2.30. The molecule has 3 aromatic rings. The van der Waals surface area contributed by atoms with E-state index in [4.69, 9.17) is 10.5 Å². The molecule has 1 aromatic carbocycles. The van der Waals surface area contributed by atoms with Crippen LogP contribution in [-0.2, 0) is 0 Å². The number of nitrogens with zero attached hydrogens (tertiary/aromatic N) is 3. The number of benzene rings is 1. The largest absolute Gasteiger partial charge is 0.490 e. The summed E-state index contributed by atoms with van der Waals surface area (Å²) in [5.41, 5.74) is 9.88. The molecule has 0 aliphatic carbocycles. The summed E-state index contributed by atoms with van der Waals surface area (Å²) in [6, 6.07) is 7.12. The third-order valence-corrected chi connectivity index (χ3v) is 7.57. The number of hydrogen-bond acceptors (Lipinski definition) is 5. The van der Waals surface area contributed by atoms with Gasteiger partial charge >= 0.3 is 0 Å². The van der Waals surface area contributed by atoms with Gasteiger partial charge in [-0.3, -0.25) is 4.79 Å². The number of aryl methyl sites for hydroxylation is 2. The second-order valence-corrected chi connectivity index (χ2v) is 10.6. The number of ketones is 1. The lowest BCUT2D eigenvalue weighted by molar-refractivity contribution is 0.103. The maximum atomic E-state index is 14.9. The number of anilines is 1. The first-order valence-electron chi connectivity index (χ1n) is 14.2. The van der Waals surface area contributed by atoms with Crippen LogP contribution in [0.1, 0.15) is 59.1 Å². The van der Waals surface area contributed by atoms with Crippen molar-refractivity contribution in [2.45, 2.75) is 40.0 Å². The van der Waals surface area contributed by atoms with E-state index < -0.39 is 5.83 Å². The SMILES string of the molecule is C=C(F)/C=C\C=C/COc1ccc(-n2ncc(C(=O)c3cc(/C=C(/F)CC4CCN(CC)CC4)c(C)[nH]3)c2N)c(C)c1. The van der Waals surface area contributed by atoms with Gasteiger partial charge in [-0.05, 0) is 106 Å². The summed E-state index contributed by atoms with van der Waals surface area (Å²) in [6.07, 6.45) is 11.6. The molecule has 0 atom stereocenters. The Morgan fingerprint density at radius 3 is 2.67 bits per heavy atom. The first kappa shape index (κ1) is 30.7. The van der Waals surface area contributed by atoms with Gasteiger partial charge in [0, 0.05) is 12.1 Å². The number of ether oxygens (including phenoxy) is 1. The molecule has 42 heavy (non-hydrogen) atoms. The van der Waals surface area contributed by atoms with Crippen molar-refractivity contribution in [1.82, 2.24) is 19.7 Å². The minimum absolute atomic E-state index is 0.169. The van der Waals surface area contributed by atoms with Gasteiger partial charge in [-0.25, -0.2) is 13.5 Å². The summed E-state index contributed by atoms with van der Waals surface area (Å²) >= 11 is 0. The van der Waals surface area contributed by atoms with Gasteiger partial charge < -0.3 is 20.4 Å². The van der Waals surface area contributed by atoms with Crippen LogP contribution in [0.15, 0.2) is 73.0 Å². The van der Waals surface area contributed by atoms with Crippen LogP contribution in [0.4, 0.5) is 14.6 Å².